The van der Waals surface area contributed by atoms with Gasteiger partial charge in [-0.05, 0) is 12.1 Å². The standard InChI is InChI=1S/C7H5FN2O/c8-5-2-1-3-10-7(5)6(11)4-9-10/h1-4,11H. The van der Waals surface area contributed by atoms with Gasteiger partial charge in [-0.15, -0.1) is 0 Å². The molecule has 0 aliphatic rings. The number of aromatic hydroxyl groups is 1. The predicted octanol–water partition coefficient (Wildman–Crippen LogP) is 1.18. The lowest BCUT2D eigenvalue weighted by Crippen LogP contribution is -1.87. The minimum atomic E-state index is -0.470. The minimum Gasteiger partial charge on any atom is -0.504 e. The zero-order valence-electron chi connectivity index (χ0n) is 5.53. The van der Waals surface area contributed by atoms with Crippen molar-refractivity contribution in [3.8, 4) is 5.75 Å². The SMILES string of the molecule is Oc1cnn2cccc(F)c12. The molecular formula is C7H5FN2O. The van der Waals surface area contributed by atoms with Gasteiger partial charge in [-0.2, -0.15) is 5.10 Å². The van der Waals surface area contributed by atoms with Crippen molar-refractivity contribution >= 4 is 5.52 Å². The molecule has 0 amide bonds. The van der Waals surface area contributed by atoms with Crippen LogP contribution < -0.4 is 0 Å². The van der Waals surface area contributed by atoms with Crippen LogP contribution in [-0.4, -0.2) is 14.7 Å². The van der Waals surface area contributed by atoms with E-state index in [9.17, 15) is 4.39 Å². The topological polar surface area (TPSA) is 37.5 Å². The van der Waals surface area contributed by atoms with E-state index in [4.69, 9.17) is 5.11 Å². The van der Waals surface area contributed by atoms with E-state index < -0.39 is 5.82 Å². The van der Waals surface area contributed by atoms with E-state index in [1.54, 1.807) is 6.20 Å². The number of nitrogens with zero attached hydrogens (tertiary/aromatic N) is 2. The number of fused-ring (bicyclic) bond motifs is 1. The molecule has 0 radical (unpaired) electrons. The van der Waals surface area contributed by atoms with Gasteiger partial charge in [0.05, 0.1) is 6.20 Å². The highest BCUT2D eigenvalue weighted by Gasteiger charge is 2.05. The second-order valence-electron chi connectivity index (χ2n) is 2.18. The molecule has 0 fully saturated rings. The Morgan fingerprint density at radius 1 is 1.55 bits per heavy atom. The number of rotatable bonds is 0. The molecule has 56 valence electrons. The highest BCUT2D eigenvalue weighted by atomic mass is 19.1. The summed E-state index contributed by atoms with van der Waals surface area (Å²) < 4.78 is 14.1. The summed E-state index contributed by atoms with van der Waals surface area (Å²) in [6, 6.07) is 2.80. The van der Waals surface area contributed by atoms with E-state index in [-0.39, 0.29) is 11.3 Å². The van der Waals surface area contributed by atoms with E-state index in [1.165, 1.54) is 22.8 Å². The molecule has 2 aromatic rings. The zero-order valence-corrected chi connectivity index (χ0v) is 5.53. The first-order chi connectivity index (χ1) is 5.29. The van der Waals surface area contributed by atoms with Crippen molar-refractivity contribution in [1.82, 2.24) is 9.61 Å². The van der Waals surface area contributed by atoms with E-state index in [0.717, 1.165) is 0 Å². The van der Waals surface area contributed by atoms with Crippen LogP contribution in [0.1, 0.15) is 0 Å². The van der Waals surface area contributed by atoms with Gasteiger partial charge in [-0.25, -0.2) is 8.91 Å². The normalized spacial score (nSPS) is 10.6. The maximum atomic E-state index is 12.9. The molecule has 0 atom stereocenters. The van der Waals surface area contributed by atoms with Gasteiger partial charge in [0.1, 0.15) is 5.52 Å². The molecule has 2 aromatic heterocycles. The molecule has 0 aliphatic carbocycles. The van der Waals surface area contributed by atoms with E-state index in [2.05, 4.69) is 5.10 Å². The highest BCUT2D eigenvalue weighted by Crippen LogP contribution is 2.19. The quantitative estimate of drug-likeness (QED) is 0.615. The number of halogens is 1. The lowest BCUT2D eigenvalue weighted by atomic mass is 10.4. The molecule has 0 aliphatic heterocycles. The van der Waals surface area contributed by atoms with Crippen molar-refractivity contribution in [2.24, 2.45) is 0 Å². The van der Waals surface area contributed by atoms with Crippen LogP contribution in [0.4, 0.5) is 4.39 Å². The Kier molecular flexibility index (Phi) is 1.09. The van der Waals surface area contributed by atoms with Gasteiger partial charge in [0.15, 0.2) is 11.6 Å². The summed E-state index contributed by atoms with van der Waals surface area (Å²) in [4.78, 5) is 0. The Balaban J connectivity index is 2.96. The summed E-state index contributed by atoms with van der Waals surface area (Å²) in [7, 11) is 0. The third kappa shape index (κ3) is 0.756. The van der Waals surface area contributed by atoms with Gasteiger partial charge in [-0.3, -0.25) is 0 Å². The second kappa shape index (κ2) is 1.95. The summed E-state index contributed by atoms with van der Waals surface area (Å²) >= 11 is 0. The Hall–Kier alpha value is -1.58. The fraction of sp³-hybridized carbons (Fsp3) is 0. The molecule has 2 rings (SSSR count). The first kappa shape index (κ1) is 6.15. The smallest absolute Gasteiger partial charge is 0.164 e. The second-order valence-corrected chi connectivity index (χ2v) is 2.18. The Labute approximate surface area is 61.7 Å². The van der Waals surface area contributed by atoms with Gasteiger partial charge in [0, 0.05) is 6.20 Å². The molecule has 2 heterocycles. The molecular weight excluding hydrogens is 147 g/mol. The molecule has 0 aromatic carbocycles. The van der Waals surface area contributed by atoms with Crippen LogP contribution in [0.2, 0.25) is 0 Å². The van der Waals surface area contributed by atoms with Crippen LogP contribution in [0.25, 0.3) is 5.52 Å². The van der Waals surface area contributed by atoms with E-state index in [0.29, 0.717) is 0 Å². The van der Waals surface area contributed by atoms with Crippen LogP contribution in [0.3, 0.4) is 0 Å². The minimum absolute atomic E-state index is 0.118. The van der Waals surface area contributed by atoms with Crippen LogP contribution >= 0.6 is 0 Å². The molecule has 3 nitrogen and oxygen atoms in total. The van der Waals surface area contributed by atoms with Crippen molar-refractivity contribution in [2.75, 3.05) is 0 Å². The first-order valence-corrected chi connectivity index (χ1v) is 3.10. The van der Waals surface area contributed by atoms with Gasteiger partial charge >= 0.3 is 0 Å². The summed E-state index contributed by atoms with van der Waals surface area (Å²) in [6.45, 7) is 0. The van der Waals surface area contributed by atoms with Crippen molar-refractivity contribution in [3.05, 3.63) is 30.3 Å². The molecule has 0 spiro atoms. The summed E-state index contributed by atoms with van der Waals surface area (Å²) in [6.07, 6.45) is 2.77. The summed E-state index contributed by atoms with van der Waals surface area (Å²) in [5, 5.41) is 12.8. The molecule has 0 bridgehead atoms. The zero-order chi connectivity index (χ0) is 7.84. The van der Waals surface area contributed by atoms with Gasteiger partial charge < -0.3 is 5.11 Å². The lowest BCUT2D eigenvalue weighted by Gasteiger charge is -1.92. The van der Waals surface area contributed by atoms with Crippen molar-refractivity contribution in [2.45, 2.75) is 0 Å². The fourth-order valence-corrected chi connectivity index (χ4v) is 0.986. The predicted molar refractivity (Wildman–Crippen MR) is 36.8 cm³/mol. The maximum Gasteiger partial charge on any atom is 0.164 e. The highest BCUT2D eigenvalue weighted by molar-refractivity contribution is 5.58. The van der Waals surface area contributed by atoms with Crippen LogP contribution in [0, 0.1) is 5.82 Å². The third-order valence-corrected chi connectivity index (χ3v) is 1.47. The van der Waals surface area contributed by atoms with Crippen LogP contribution in [0.5, 0.6) is 5.75 Å². The number of hydrogen-bond acceptors (Lipinski definition) is 2. The largest absolute Gasteiger partial charge is 0.504 e. The summed E-state index contributed by atoms with van der Waals surface area (Å²) in [5.74, 6) is -0.606. The van der Waals surface area contributed by atoms with E-state index in [1.807, 2.05) is 0 Å². The maximum absolute atomic E-state index is 12.9. The number of pyridine rings is 1. The number of aromatic nitrogens is 2. The number of hydrogen-bond donors (Lipinski definition) is 1. The summed E-state index contributed by atoms with van der Waals surface area (Å²) in [5.41, 5.74) is 0.118. The average molecular weight is 152 g/mol. The molecule has 0 saturated heterocycles. The molecule has 11 heavy (non-hydrogen) atoms. The average Bonchev–Trinajstić information content (AvgIpc) is 2.34. The van der Waals surface area contributed by atoms with Gasteiger partial charge in [0.2, 0.25) is 0 Å². The molecule has 0 unspecified atom stereocenters. The molecule has 0 saturated carbocycles. The van der Waals surface area contributed by atoms with Crippen molar-refractivity contribution in [3.63, 3.8) is 0 Å². The lowest BCUT2D eigenvalue weighted by molar-refractivity contribution is 0.478. The van der Waals surface area contributed by atoms with Gasteiger partial charge in [-0.1, -0.05) is 0 Å². The first-order valence-electron chi connectivity index (χ1n) is 3.10. The van der Waals surface area contributed by atoms with Crippen molar-refractivity contribution in [1.29, 1.82) is 0 Å². The Morgan fingerprint density at radius 2 is 2.36 bits per heavy atom. The Morgan fingerprint density at radius 3 is 3.09 bits per heavy atom. The molecule has 1 N–H and O–H groups in total. The van der Waals surface area contributed by atoms with Crippen LogP contribution in [-0.2, 0) is 0 Å². The van der Waals surface area contributed by atoms with Crippen molar-refractivity contribution < 1.29 is 9.50 Å². The Bertz CT molecular complexity index is 396. The van der Waals surface area contributed by atoms with Crippen LogP contribution in [0.15, 0.2) is 24.5 Å². The molecule has 4 heteroatoms. The fourth-order valence-electron chi connectivity index (χ4n) is 0.986. The third-order valence-electron chi connectivity index (χ3n) is 1.47. The monoisotopic (exact) mass is 152 g/mol. The van der Waals surface area contributed by atoms with Gasteiger partial charge in [0.25, 0.3) is 0 Å². The van der Waals surface area contributed by atoms with E-state index >= 15 is 0 Å².